The third-order valence-electron chi connectivity index (χ3n) is 16.1. The molecule has 0 aliphatic heterocycles. The Morgan fingerprint density at radius 2 is 0.493 bits per heavy atom. The summed E-state index contributed by atoms with van der Waals surface area (Å²) in [5.41, 5.74) is 21.7. The molecule has 7 rings (SSSR count). The molecule has 0 spiro atoms. The standard InChI is InChI=1S/C72H96S3/c1-7-13-19-25-31-55-37-40-61(49-58(55)34-28-22-16-10-4)67-43-46-74-71(67)65-52-64(69-45-48-73-70(69)63-42-39-57(33-27-21-15-9-3)60(51-63)36-30-24-18-12-6)53-66(54-65)72-68(44-47-75-72)62-41-38-56(32-26-20-14-8-2)59(50-62)35-29-23-17-11-5/h37-54H,7-36H2,1-6H3. The summed E-state index contributed by atoms with van der Waals surface area (Å²) in [6.07, 6.45) is 38.4. The van der Waals surface area contributed by atoms with Crippen molar-refractivity contribution in [3.8, 4) is 64.7 Å². The van der Waals surface area contributed by atoms with E-state index in [1.807, 2.05) is 34.0 Å². The van der Waals surface area contributed by atoms with Gasteiger partial charge in [0.2, 0.25) is 0 Å². The van der Waals surface area contributed by atoms with Gasteiger partial charge in [-0.2, -0.15) is 0 Å². The smallest absolute Gasteiger partial charge is 0.0421 e. The maximum atomic E-state index is 2.59. The minimum Gasteiger partial charge on any atom is -0.143 e. The summed E-state index contributed by atoms with van der Waals surface area (Å²) in [5.74, 6) is 0. The van der Waals surface area contributed by atoms with Gasteiger partial charge in [0.15, 0.2) is 0 Å². The summed E-state index contributed by atoms with van der Waals surface area (Å²) in [7, 11) is 0. The molecule has 0 amide bonds. The van der Waals surface area contributed by atoms with Crippen LogP contribution >= 0.6 is 34.0 Å². The lowest BCUT2D eigenvalue weighted by Gasteiger charge is -2.16. The molecule has 7 aromatic rings. The number of benzene rings is 4. The summed E-state index contributed by atoms with van der Waals surface area (Å²) in [5, 5.41) is 7.04. The van der Waals surface area contributed by atoms with Crippen molar-refractivity contribution in [3.05, 3.63) is 141 Å². The number of unbranched alkanes of at least 4 members (excludes halogenated alkanes) is 18. The molecule has 0 nitrogen and oxygen atoms in total. The van der Waals surface area contributed by atoms with Gasteiger partial charge in [-0.3, -0.25) is 0 Å². The molecule has 0 saturated carbocycles. The molecule has 0 bridgehead atoms. The number of hydrogen-bond acceptors (Lipinski definition) is 3. The first kappa shape index (κ1) is 58.7. The van der Waals surface area contributed by atoms with E-state index in [1.54, 1.807) is 33.4 Å². The first-order valence-electron chi connectivity index (χ1n) is 30.7. The van der Waals surface area contributed by atoms with Gasteiger partial charge in [0.05, 0.1) is 0 Å². The summed E-state index contributed by atoms with van der Waals surface area (Å²) in [6, 6.07) is 37.5. The normalized spacial score (nSPS) is 11.6. The fourth-order valence-corrected chi connectivity index (χ4v) is 14.3. The Labute approximate surface area is 470 Å². The van der Waals surface area contributed by atoms with Crippen LogP contribution in [0, 0.1) is 0 Å². The molecule has 0 saturated heterocycles. The van der Waals surface area contributed by atoms with E-state index >= 15 is 0 Å². The number of rotatable bonds is 36. The van der Waals surface area contributed by atoms with Crippen molar-refractivity contribution in [2.24, 2.45) is 0 Å². The molecule has 0 N–H and O–H groups in total. The van der Waals surface area contributed by atoms with Crippen LogP contribution in [0.1, 0.15) is 229 Å². The predicted octanol–water partition coefficient (Wildman–Crippen LogP) is 24.6. The first-order chi connectivity index (χ1) is 37.0. The van der Waals surface area contributed by atoms with Crippen molar-refractivity contribution >= 4 is 34.0 Å². The van der Waals surface area contributed by atoms with Crippen LogP contribution in [0.25, 0.3) is 64.7 Å². The molecule has 0 radical (unpaired) electrons. The van der Waals surface area contributed by atoms with Crippen molar-refractivity contribution < 1.29 is 0 Å². The number of aryl methyl sites for hydroxylation is 6. The van der Waals surface area contributed by atoms with Gasteiger partial charge in [-0.25, -0.2) is 0 Å². The zero-order chi connectivity index (χ0) is 52.5. The number of hydrogen-bond donors (Lipinski definition) is 0. The molecule has 3 aromatic heterocycles. The minimum absolute atomic E-state index is 1.18. The van der Waals surface area contributed by atoms with Gasteiger partial charge in [0, 0.05) is 31.3 Å². The van der Waals surface area contributed by atoms with Gasteiger partial charge < -0.3 is 0 Å². The maximum absolute atomic E-state index is 2.59. The third-order valence-corrected chi connectivity index (χ3v) is 19.0. The highest BCUT2D eigenvalue weighted by Gasteiger charge is 2.20. The molecule has 0 aliphatic carbocycles. The summed E-state index contributed by atoms with van der Waals surface area (Å²) in [4.78, 5) is 4.15. The second-order valence-corrected chi connectivity index (χ2v) is 24.9. The molecule has 0 aliphatic rings. The molecule has 75 heavy (non-hydrogen) atoms. The van der Waals surface area contributed by atoms with Gasteiger partial charge in [0.25, 0.3) is 0 Å². The van der Waals surface area contributed by atoms with E-state index in [0.717, 1.165) is 0 Å². The second-order valence-electron chi connectivity index (χ2n) is 22.1. The van der Waals surface area contributed by atoms with E-state index < -0.39 is 0 Å². The predicted molar refractivity (Wildman–Crippen MR) is 340 cm³/mol. The molecule has 0 fully saturated rings. The van der Waals surface area contributed by atoms with Crippen LogP contribution in [0.2, 0.25) is 0 Å². The highest BCUT2D eigenvalue weighted by atomic mass is 32.1. The third kappa shape index (κ3) is 17.2. The van der Waals surface area contributed by atoms with Crippen LogP contribution in [-0.4, -0.2) is 0 Å². The van der Waals surface area contributed by atoms with Crippen LogP contribution in [0.5, 0.6) is 0 Å². The Balaban J connectivity index is 1.33. The summed E-state index contributed by atoms with van der Waals surface area (Å²) >= 11 is 5.76. The number of thiophene rings is 3. The Morgan fingerprint density at radius 1 is 0.227 bits per heavy atom. The van der Waals surface area contributed by atoms with Crippen molar-refractivity contribution in [1.29, 1.82) is 0 Å². The lowest BCUT2D eigenvalue weighted by atomic mass is 9.90. The van der Waals surface area contributed by atoms with Crippen LogP contribution in [0.15, 0.2) is 107 Å². The second kappa shape index (κ2) is 32.7. The average Bonchev–Trinajstić information content (AvgIpc) is 4.25. The topological polar surface area (TPSA) is 0 Å². The Kier molecular flexibility index (Phi) is 25.5. The van der Waals surface area contributed by atoms with Crippen molar-refractivity contribution in [2.45, 2.75) is 234 Å². The van der Waals surface area contributed by atoms with E-state index in [4.69, 9.17) is 0 Å². The van der Waals surface area contributed by atoms with Crippen LogP contribution in [-0.2, 0) is 38.5 Å². The fourth-order valence-electron chi connectivity index (χ4n) is 11.6. The summed E-state index contributed by atoms with van der Waals surface area (Å²) < 4.78 is 0. The summed E-state index contributed by atoms with van der Waals surface area (Å²) in [6.45, 7) is 14.0. The highest BCUT2D eigenvalue weighted by Crippen LogP contribution is 2.47. The van der Waals surface area contributed by atoms with Crippen LogP contribution in [0.3, 0.4) is 0 Å². The Hall–Kier alpha value is -4.02. The largest absolute Gasteiger partial charge is 0.143 e. The highest BCUT2D eigenvalue weighted by molar-refractivity contribution is 7.15. The van der Waals surface area contributed by atoms with Crippen molar-refractivity contribution in [1.82, 2.24) is 0 Å². The first-order valence-corrected chi connectivity index (χ1v) is 33.4. The quantitative estimate of drug-likeness (QED) is 0.0344. The zero-order valence-electron chi connectivity index (χ0n) is 47.8. The molecule has 4 aromatic carbocycles. The van der Waals surface area contributed by atoms with E-state index in [0.29, 0.717) is 0 Å². The molecular weight excluding hydrogens is 961 g/mol. The molecule has 3 heterocycles. The molecule has 402 valence electrons. The van der Waals surface area contributed by atoms with Crippen molar-refractivity contribution in [3.63, 3.8) is 0 Å². The molecule has 3 heteroatoms. The lowest BCUT2D eigenvalue weighted by molar-refractivity contribution is 0.651. The van der Waals surface area contributed by atoms with Gasteiger partial charge >= 0.3 is 0 Å². The van der Waals surface area contributed by atoms with Crippen molar-refractivity contribution in [2.75, 3.05) is 0 Å². The van der Waals surface area contributed by atoms with Gasteiger partial charge in [-0.1, -0.05) is 212 Å². The van der Waals surface area contributed by atoms with E-state index in [9.17, 15) is 0 Å². The minimum atomic E-state index is 1.18. The zero-order valence-corrected chi connectivity index (χ0v) is 50.3. The molecule has 0 unspecified atom stereocenters. The van der Waals surface area contributed by atoms with Crippen LogP contribution < -0.4 is 0 Å². The fraction of sp³-hybridized carbons (Fsp3) is 0.500. The van der Waals surface area contributed by atoms with Crippen LogP contribution in [0.4, 0.5) is 0 Å². The molecule has 0 atom stereocenters. The van der Waals surface area contributed by atoms with Gasteiger partial charge in [-0.05, 0) is 196 Å². The van der Waals surface area contributed by atoms with E-state index in [-0.39, 0.29) is 0 Å². The Bertz CT molecular complexity index is 2410. The van der Waals surface area contributed by atoms with E-state index in [1.165, 1.54) is 257 Å². The SMILES string of the molecule is CCCCCCc1ccc(-c2ccsc2-c2cc(-c3ccsc3-c3ccc(CCCCCC)c(CCCCCC)c3)cc(-c3sccc3-c3ccc(CCCCCC)c(CCCCCC)c3)c2)cc1CCCCCC. The van der Waals surface area contributed by atoms with Gasteiger partial charge in [0.1, 0.15) is 0 Å². The van der Waals surface area contributed by atoms with Gasteiger partial charge in [-0.15, -0.1) is 34.0 Å². The monoisotopic (exact) mass is 1060 g/mol. The Morgan fingerprint density at radius 3 is 0.827 bits per heavy atom. The maximum Gasteiger partial charge on any atom is 0.0421 e. The lowest BCUT2D eigenvalue weighted by Crippen LogP contribution is -1.97. The average molecular weight is 1060 g/mol. The molecular formula is C72H96S3. The van der Waals surface area contributed by atoms with E-state index in [2.05, 4.69) is 149 Å².